The fraction of sp³-hybridized carbons (Fsp3) is 0.548. The quantitative estimate of drug-likeness (QED) is 0.0311. The first-order valence-corrected chi connectivity index (χ1v) is 38.6. The van der Waals surface area contributed by atoms with Crippen LogP contribution in [-0.2, 0) is 66.7 Å². The third-order valence-electron chi connectivity index (χ3n) is 17.2. The van der Waals surface area contributed by atoms with E-state index in [1.807, 2.05) is 57.2 Å². The Hall–Kier alpha value is -10.4. The van der Waals surface area contributed by atoms with Crippen LogP contribution in [0.5, 0.6) is 0 Å². The number of hydrogen-bond acceptors (Lipinski definition) is 24. The second kappa shape index (κ2) is 48.8. The number of nitrogens with one attached hydrogen (secondary N) is 6. The van der Waals surface area contributed by atoms with Crippen molar-refractivity contribution in [1.82, 2.24) is 46.6 Å². The number of benzene rings is 4. The highest BCUT2D eigenvalue weighted by Crippen LogP contribution is 2.29. The molecule has 4 saturated heterocycles. The normalized spacial score (nSPS) is 18.9. The molecule has 9 N–H and O–H groups in total. The minimum Gasteiger partial charge on any atom is -0.480 e. The van der Waals surface area contributed by atoms with Crippen LogP contribution in [0.25, 0.3) is 0 Å². The van der Waals surface area contributed by atoms with Crippen molar-refractivity contribution in [1.29, 1.82) is 0 Å². The number of esters is 4. The molecule has 4 aromatic carbocycles. The van der Waals surface area contributed by atoms with Gasteiger partial charge in [0.05, 0.1) is 28.4 Å². The van der Waals surface area contributed by atoms with Crippen molar-refractivity contribution < 1.29 is 110 Å². The molecule has 0 radical (unpaired) electrons. The maximum absolute atomic E-state index is 13.6. The van der Waals surface area contributed by atoms with Gasteiger partial charge in [0.15, 0.2) is 0 Å². The Balaban J connectivity index is 0.000000745. The van der Waals surface area contributed by atoms with Gasteiger partial charge in [-0.15, -0.1) is 24.8 Å². The van der Waals surface area contributed by atoms with Crippen LogP contribution >= 0.6 is 36.4 Å². The Kier molecular flexibility index (Phi) is 43.8. The second-order valence-corrected chi connectivity index (χ2v) is 34.4. The number of ether oxygens (including phenoxy) is 8. The summed E-state index contributed by atoms with van der Waals surface area (Å²) >= 11 is 5.16. The zero-order valence-electron chi connectivity index (χ0n) is 72.5. The molecule has 120 heavy (non-hydrogen) atoms. The lowest BCUT2D eigenvalue weighted by molar-refractivity contribution is -0.152. The summed E-state index contributed by atoms with van der Waals surface area (Å²) < 4.78 is 39.9. The molecule has 33 nitrogen and oxygen atoms in total. The number of carboxylic acids is 1. The number of alkyl carbamates (subject to hydrolysis) is 2. The van der Waals surface area contributed by atoms with Crippen molar-refractivity contribution in [2.45, 2.75) is 233 Å². The minimum absolute atomic E-state index is 0. The van der Waals surface area contributed by atoms with Crippen molar-refractivity contribution in [3.63, 3.8) is 0 Å². The molecule has 0 bridgehead atoms. The molecule has 8 rings (SSSR count). The van der Waals surface area contributed by atoms with Gasteiger partial charge in [0.2, 0.25) is 5.91 Å². The van der Waals surface area contributed by atoms with Gasteiger partial charge in [-0.25, -0.2) is 38.4 Å². The summed E-state index contributed by atoms with van der Waals surface area (Å²) in [6, 6.07) is 29.6. The number of hydrogen-bond donors (Lipinski definition) is 8. The molecular weight excluding hydrogens is 1620 g/mol. The molecule has 4 fully saturated rings. The van der Waals surface area contributed by atoms with Crippen LogP contribution in [0.1, 0.15) is 192 Å². The highest BCUT2D eigenvalue weighted by Gasteiger charge is 2.48. The van der Waals surface area contributed by atoms with E-state index >= 15 is 0 Å². The molecule has 4 aromatic rings. The van der Waals surface area contributed by atoms with Gasteiger partial charge in [0, 0.05) is 85.4 Å². The van der Waals surface area contributed by atoms with Crippen molar-refractivity contribution >= 4 is 120 Å². The molecule has 0 aromatic heterocycles. The van der Waals surface area contributed by atoms with E-state index in [2.05, 4.69) is 41.4 Å². The second-order valence-electron chi connectivity index (χ2n) is 34.0. The van der Waals surface area contributed by atoms with Gasteiger partial charge in [-0.1, -0.05) is 126 Å². The number of nitrogens with zero attached hydrogens (tertiary/aromatic N) is 3. The third kappa shape index (κ3) is 38.4. The number of carbonyl (C=O) groups excluding carboxylic acids is 13. The van der Waals surface area contributed by atoms with E-state index in [1.54, 1.807) is 189 Å². The van der Waals surface area contributed by atoms with E-state index in [-0.39, 0.29) is 98.6 Å². The number of halogens is 3. The number of carboxylic acid groups (broad SMARTS) is 1. The molecule has 4 aliphatic heterocycles. The smallest absolute Gasteiger partial charge is 0.411 e. The number of likely N-dealkylation sites (tertiary alicyclic amines) is 3. The summed E-state index contributed by atoms with van der Waals surface area (Å²) in [6.45, 7) is 32.8. The van der Waals surface area contributed by atoms with Gasteiger partial charge in [-0.2, -0.15) is 0 Å². The summed E-state index contributed by atoms with van der Waals surface area (Å²) in [5.74, 6) is -4.02. The fourth-order valence-corrected chi connectivity index (χ4v) is 11.9. The Morgan fingerprint density at radius 1 is 0.408 bits per heavy atom. The monoisotopic (exact) mass is 1740 g/mol. The van der Waals surface area contributed by atoms with Crippen LogP contribution in [0.3, 0.4) is 0 Å². The number of rotatable bonds is 15. The first-order valence-electron chi connectivity index (χ1n) is 38.3. The summed E-state index contributed by atoms with van der Waals surface area (Å²) in [6.07, 6.45) is -1.10. The Labute approximate surface area is 720 Å². The van der Waals surface area contributed by atoms with E-state index in [4.69, 9.17) is 50.9 Å². The van der Waals surface area contributed by atoms with Gasteiger partial charge in [-0.3, -0.25) is 38.6 Å². The standard InChI is InChI=1S/C24H35N3O6.C18H24N2O5.C13H16N2O3.C11H20N2O4.C11H21NO4.C7H5ClO.2ClH/c1-23(2,3)18(26-22(31)33-24(4,5)6)20(29)27-14-16(13-17(27)21(30)32-7)25-19(28)15-11-9-8-10-12-15;1-18(2,3)25-17(23)20-11-13(10-14(20)16(22)24-4)19-15(21)12-8-6-5-7-9-12;1-18-13(17)11-7-10(8-14-11)15-12(16)9-5-3-2-4-6-9;1-11(2,3)17-10(15)13-6-7(12)5-8(13)9(14)16-4;1-10(2,3)7(8(13)14)12-9(15)16-11(4,5)6;8-7(9)6-4-2-1-3-5-6;;/h8-12,16-18H,13-14H2,1-7H3,(H,25,28)(H,26,31);5-9,13-14H,10-11H2,1-4H3,(H,19,21);2-6,10-11,14H,7-8H2,1H3,(H,15,16);7-8H,5-6,12H2,1-4H3;7H,1-6H3,(H,12,15)(H,13,14);1-5H;2*1H/t16-,17-,18+;13-,14-;10-,11-;7-,8-;7-;;;/m00001.../s1. The Morgan fingerprint density at radius 2 is 0.708 bits per heavy atom. The van der Waals surface area contributed by atoms with E-state index in [9.17, 15) is 67.1 Å². The molecule has 0 unspecified atom stereocenters. The first kappa shape index (κ1) is 108. The third-order valence-corrected chi connectivity index (χ3v) is 17.4. The van der Waals surface area contributed by atoms with E-state index in [0.29, 0.717) is 48.2 Å². The lowest BCUT2D eigenvalue weighted by Crippen LogP contribution is -2.57. The fourth-order valence-electron chi connectivity index (χ4n) is 11.7. The molecule has 0 aliphatic carbocycles. The van der Waals surface area contributed by atoms with Gasteiger partial charge in [0.1, 0.15) is 58.7 Å². The van der Waals surface area contributed by atoms with Gasteiger partial charge >= 0.3 is 54.2 Å². The predicted molar refractivity (Wildman–Crippen MR) is 452 cm³/mol. The summed E-state index contributed by atoms with van der Waals surface area (Å²) in [5, 5.41) is 25.2. The van der Waals surface area contributed by atoms with Crippen LogP contribution in [-0.4, -0.2) is 240 Å². The number of methoxy groups -OCH3 is 4. The zero-order valence-corrected chi connectivity index (χ0v) is 74.9. The molecular formula is C84H123Cl3N10O23. The molecule has 4 aliphatic rings. The van der Waals surface area contributed by atoms with Gasteiger partial charge in [-0.05, 0) is 155 Å². The molecule has 36 heteroatoms. The molecule has 10 atom stereocenters. The van der Waals surface area contributed by atoms with Crippen LogP contribution in [0, 0.1) is 10.8 Å². The molecule has 0 spiro atoms. The highest BCUT2D eigenvalue weighted by molar-refractivity contribution is 6.67. The Bertz CT molecular complexity index is 4020. The summed E-state index contributed by atoms with van der Waals surface area (Å²) in [5.41, 5.74) is 4.05. The predicted octanol–water partition coefficient (Wildman–Crippen LogP) is 10.2. The van der Waals surface area contributed by atoms with Crippen molar-refractivity contribution in [3.05, 3.63) is 144 Å². The molecule has 8 amide bonds. The van der Waals surface area contributed by atoms with E-state index < -0.39 is 129 Å². The molecule has 0 saturated carbocycles. The van der Waals surface area contributed by atoms with Crippen LogP contribution in [0.15, 0.2) is 121 Å². The SMILES string of the molecule is CC(C)(C)OC(=O)N[C@H](C(=O)O)C(C)(C)C.COC(=O)[C@@H]1C[C@H](N)CN1C(=O)OC(C)(C)C.COC(=O)[C@@H]1C[C@H](NC(=O)c2ccccc2)CN1.COC(=O)[C@@H]1C[C@H](NC(=O)c2ccccc2)CN1C(=O)OC(C)(C)C.COC(=O)[C@@H]1C[C@H](NC(=O)c2ccccc2)CN1C(=O)[C@@H](NC(=O)OC(C)(C)C)C(C)(C)C.Cl.Cl.O=C(Cl)c1ccccc1. The van der Waals surface area contributed by atoms with Gasteiger partial charge < -0.3 is 85.5 Å². The van der Waals surface area contributed by atoms with Crippen molar-refractivity contribution in [2.24, 2.45) is 16.6 Å². The number of carbonyl (C=O) groups is 14. The molecule has 4 heterocycles. The van der Waals surface area contributed by atoms with E-state index in [1.165, 1.54) is 43.1 Å². The van der Waals surface area contributed by atoms with Crippen LogP contribution < -0.4 is 37.6 Å². The summed E-state index contributed by atoms with van der Waals surface area (Å²) in [4.78, 5) is 171. The average molecular weight is 1750 g/mol. The van der Waals surface area contributed by atoms with Gasteiger partial charge in [0.25, 0.3) is 23.0 Å². The minimum atomic E-state index is -1.07. The molecule has 668 valence electrons. The lowest BCUT2D eigenvalue weighted by Gasteiger charge is -2.35. The zero-order chi connectivity index (χ0) is 89.6. The maximum atomic E-state index is 13.6. The number of amides is 8. The topological polar surface area (TPSA) is 441 Å². The number of nitrogens with two attached hydrogens (primary N) is 1. The largest absolute Gasteiger partial charge is 0.480 e. The summed E-state index contributed by atoms with van der Waals surface area (Å²) in [7, 11) is 5.17. The lowest BCUT2D eigenvalue weighted by atomic mass is 9.85. The maximum Gasteiger partial charge on any atom is 0.411 e. The van der Waals surface area contributed by atoms with Crippen LogP contribution in [0.4, 0.5) is 19.2 Å². The van der Waals surface area contributed by atoms with Crippen molar-refractivity contribution in [2.75, 3.05) is 54.6 Å². The highest BCUT2D eigenvalue weighted by atomic mass is 35.5. The first-order chi connectivity index (χ1) is 54.6. The van der Waals surface area contributed by atoms with Crippen LogP contribution in [0.2, 0.25) is 0 Å². The average Bonchev–Trinajstić information content (AvgIpc) is 1.66. The number of aliphatic carboxylic acids is 1. The van der Waals surface area contributed by atoms with Crippen molar-refractivity contribution in [3.8, 4) is 0 Å². The van der Waals surface area contributed by atoms with E-state index in [0.717, 1.165) is 0 Å². The Morgan fingerprint density at radius 3 is 1.02 bits per heavy atom.